The van der Waals surface area contributed by atoms with Gasteiger partial charge in [-0.2, -0.15) is 0 Å². The van der Waals surface area contributed by atoms with Gasteiger partial charge in [-0.05, 0) is 37.3 Å². The average Bonchev–Trinajstić information content (AvgIpc) is 2.61. The Hall–Kier alpha value is -3.33. The number of carbonyl (C=O) groups excluding carboxylic acids is 2. The van der Waals surface area contributed by atoms with Crippen LogP contribution < -0.4 is 10.1 Å². The molecule has 1 amide bonds. The first kappa shape index (κ1) is 20.0. The van der Waals surface area contributed by atoms with Crippen molar-refractivity contribution in [2.45, 2.75) is 13.0 Å². The van der Waals surface area contributed by atoms with Crippen LogP contribution in [0.4, 0.5) is 11.4 Å². The van der Waals surface area contributed by atoms with Crippen LogP contribution in [0.15, 0.2) is 36.4 Å². The zero-order chi connectivity index (χ0) is 20.1. The largest absolute Gasteiger partial charge is 0.507 e. The maximum absolute atomic E-state index is 12.2. The van der Waals surface area contributed by atoms with E-state index in [0.717, 1.165) is 12.1 Å². The summed E-state index contributed by atoms with van der Waals surface area (Å²) in [7, 11) is 1.35. The summed E-state index contributed by atoms with van der Waals surface area (Å²) in [4.78, 5) is 34.8. The molecule has 0 aliphatic heterocycles. The topological polar surface area (TPSA) is 128 Å². The lowest BCUT2D eigenvalue weighted by Gasteiger charge is -2.14. The first-order chi connectivity index (χ1) is 12.7. The lowest BCUT2D eigenvalue weighted by Crippen LogP contribution is -2.30. The number of rotatable bonds is 6. The van der Waals surface area contributed by atoms with Crippen LogP contribution in [-0.2, 0) is 9.53 Å². The number of nitrogens with one attached hydrogen (secondary N) is 1. The van der Waals surface area contributed by atoms with Crippen molar-refractivity contribution in [3.05, 3.63) is 57.1 Å². The molecule has 0 saturated heterocycles. The van der Waals surface area contributed by atoms with E-state index in [9.17, 15) is 24.8 Å². The highest BCUT2D eigenvalue weighted by Gasteiger charge is 2.24. The average molecular weight is 395 g/mol. The molecule has 2 aromatic rings. The Morgan fingerprint density at radius 3 is 2.56 bits per heavy atom. The summed E-state index contributed by atoms with van der Waals surface area (Å²) in [5.74, 6) is -1.88. The van der Waals surface area contributed by atoms with Crippen molar-refractivity contribution >= 4 is 34.9 Å². The number of phenolic OH excluding ortho intramolecular Hbond substituents is 1. The van der Waals surface area contributed by atoms with Gasteiger partial charge in [-0.25, -0.2) is 4.79 Å². The second-order valence-electron chi connectivity index (χ2n) is 5.34. The van der Waals surface area contributed by atoms with Crippen molar-refractivity contribution in [1.82, 2.24) is 0 Å². The Labute approximate surface area is 158 Å². The van der Waals surface area contributed by atoms with Crippen LogP contribution in [0.25, 0.3) is 0 Å². The van der Waals surface area contributed by atoms with E-state index in [1.165, 1.54) is 38.3 Å². The second kappa shape index (κ2) is 8.37. The molecule has 0 heterocycles. The summed E-state index contributed by atoms with van der Waals surface area (Å²) in [6, 6.07) is 7.67. The van der Waals surface area contributed by atoms with E-state index in [1.54, 1.807) is 0 Å². The first-order valence-electron chi connectivity index (χ1n) is 7.55. The number of phenols is 1. The summed E-state index contributed by atoms with van der Waals surface area (Å²) in [5.41, 5.74) is -0.630. The molecule has 0 aliphatic carbocycles. The number of hydrogen-bond donors (Lipinski definition) is 2. The van der Waals surface area contributed by atoms with Gasteiger partial charge in [0.05, 0.1) is 18.1 Å². The molecule has 1 atom stereocenters. The highest BCUT2D eigenvalue weighted by molar-refractivity contribution is 6.30. The van der Waals surface area contributed by atoms with E-state index in [2.05, 4.69) is 5.32 Å². The zero-order valence-corrected chi connectivity index (χ0v) is 15.0. The fourth-order valence-corrected chi connectivity index (χ4v) is 2.25. The molecule has 0 radical (unpaired) electrons. The molecule has 0 bridgehead atoms. The fourth-order valence-electron chi connectivity index (χ4n) is 2.08. The predicted octanol–water partition coefficient (Wildman–Crippen LogP) is 3.15. The number of nitro benzene ring substituents is 1. The minimum atomic E-state index is -1.28. The van der Waals surface area contributed by atoms with Crippen molar-refractivity contribution < 1.29 is 29.1 Å². The number of aromatic hydroxyl groups is 1. The fraction of sp³-hybridized carbons (Fsp3) is 0.176. The Kier molecular flexibility index (Phi) is 6.19. The molecule has 0 aliphatic rings. The lowest BCUT2D eigenvalue weighted by molar-refractivity contribution is -0.384. The van der Waals surface area contributed by atoms with E-state index in [0.29, 0.717) is 0 Å². The highest BCUT2D eigenvalue weighted by Crippen LogP contribution is 2.29. The summed E-state index contributed by atoms with van der Waals surface area (Å²) >= 11 is 5.69. The summed E-state index contributed by atoms with van der Waals surface area (Å²) in [6.45, 7) is 1.29. The SMILES string of the molecule is COc1ccc(NC(=O)[C@H](C)OC(=O)c2ccc(Cl)cc2O)c([N+](=O)[O-])c1. The third-order valence-electron chi connectivity index (χ3n) is 3.49. The standard InChI is InChI=1S/C17H15ClN2O7/c1-9(27-17(23)12-5-3-10(18)7-15(12)21)16(22)19-13-6-4-11(26-2)8-14(13)20(24)25/h3-9,21H,1-2H3,(H,19,22)/t9-/m0/s1. The Morgan fingerprint density at radius 2 is 1.96 bits per heavy atom. The van der Waals surface area contributed by atoms with Crippen molar-refractivity contribution in [3.8, 4) is 11.5 Å². The molecule has 0 saturated carbocycles. The van der Waals surface area contributed by atoms with Crippen molar-refractivity contribution in [2.24, 2.45) is 0 Å². The predicted molar refractivity (Wildman–Crippen MR) is 96.3 cm³/mol. The maximum atomic E-state index is 12.2. The number of nitrogens with zero attached hydrogens (tertiary/aromatic N) is 1. The number of esters is 1. The number of carbonyl (C=O) groups is 2. The molecule has 0 unspecified atom stereocenters. The lowest BCUT2D eigenvalue weighted by atomic mass is 10.2. The number of amides is 1. The van der Waals surface area contributed by atoms with E-state index >= 15 is 0 Å². The molecule has 0 aromatic heterocycles. The molecular formula is C17H15ClN2O7. The van der Waals surface area contributed by atoms with Gasteiger partial charge in [0, 0.05) is 5.02 Å². The number of ether oxygens (including phenoxy) is 2. The number of halogens is 1. The van der Waals surface area contributed by atoms with Gasteiger partial charge in [0.1, 0.15) is 22.7 Å². The van der Waals surface area contributed by atoms with Crippen LogP contribution in [0.5, 0.6) is 11.5 Å². The number of benzene rings is 2. The maximum Gasteiger partial charge on any atom is 0.342 e. The molecule has 0 spiro atoms. The molecule has 142 valence electrons. The third-order valence-corrected chi connectivity index (χ3v) is 3.73. The monoisotopic (exact) mass is 394 g/mol. The Morgan fingerprint density at radius 1 is 1.26 bits per heavy atom. The van der Waals surface area contributed by atoms with Crippen molar-refractivity contribution in [1.29, 1.82) is 0 Å². The van der Waals surface area contributed by atoms with Gasteiger partial charge in [-0.15, -0.1) is 0 Å². The van der Waals surface area contributed by atoms with Crippen LogP contribution in [-0.4, -0.2) is 35.1 Å². The third kappa shape index (κ3) is 4.85. The molecule has 0 fully saturated rings. The van der Waals surface area contributed by atoms with Crippen molar-refractivity contribution in [2.75, 3.05) is 12.4 Å². The van der Waals surface area contributed by atoms with Gasteiger partial charge in [-0.3, -0.25) is 14.9 Å². The first-order valence-corrected chi connectivity index (χ1v) is 7.93. The van der Waals surface area contributed by atoms with Crippen LogP contribution in [0, 0.1) is 10.1 Å². The van der Waals surface area contributed by atoms with E-state index in [1.807, 2.05) is 0 Å². The summed E-state index contributed by atoms with van der Waals surface area (Å²) in [5, 5.41) is 23.4. The van der Waals surface area contributed by atoms with E-state index in [-0.39, 0.29) is 27.7 Å². The smallest absolute Gasteiger partial charge is 0.342 e. The Bertz CT molecular complexity index is 901. The highest BCUT2D eigenvalue weighted by atomic mass is 35.5. The minimum absolute atomic E-state index is 0.0805. The van der Waals surface area contributed by atoms with Crippen LogP contribution in [0.3, 0.4) is 0 Å². The molecule has 2 N–H and O–H groups in total. The normalized spacial score (nSPS) is 11.4. The summed E-state index contributed by atoms with van der Waals surface area (Å²) in [6.07, 6.45) is -1.28. The van der Waals surface area contributed by atoms with Crippen LogP contribution in [0.2, 0.25) is 5.02 Å². The Balaban J connectivity index is 2.12. The number of hydrogen-bond acceptors (Lipinski definition) is 7. The van der Waals surface area contributed by atoms with Crippen LogP contribution in [0.1, 0.15) is 17.3 Å². The van der Waals surface area contributed by atoms with Gasteiger partial charge in [0.15, 0.2) is 6.10 Å². The zero-order valence-electron chi connectivity index (χ0n) is 14.3. The minimum Gasteiger partial charge on any atom is -0.507 e. The molecule has 27 heavy (non-hydrogen) atoms. The molecular weight excluding hydrogens is 380 g/mol. The van der Waals surface area contributed by atoms with E-state index < -0.39 is 28.7 Å². The molecule has 2 aromatic carbocycles. The molecule has 10 heteroatoms. The van der Waals surface area contributed by atoms with Gasteiger partial charge < -0.3 is 19.9 Å². The molecule has 9 nitrogen and oxygen atoms in total. The van der Waals surface area contributed by atoms with Crippen molar-refractivity contribution in [3.63, 3.8) is 0 Å². The number of methoxy groups -OCH3 is 1. The second-order valence-corrected chi connectivity index (χ2v) is 5.77. The van der Waals surface area contributed by atoms with Gasteiger partial charge in [0.2, 0.25) is 0 Å². The summed E-state index contributed by atoms with van der Waals surface area (Å²) < 4.78 is 9.90. The van der Waals surface area contributed by atoms with Crippen LogP contribution >= 0.6 is 11.6 Å². The quantitative estimate of drug-likeness (QED) is 0.437. The number of anilines is 1. The van der Waals surface area contributed by atoms with E-state index in [4.69, 9.17) is 21.1 Å². The number of nitro groups is 1. The van der Waals surface area contributed by atoms with Gasteiger partial charge in [0.25, 0.3) is 11.6 Å². The molecule has 2 rings (SSSR count). The van der Waals surface area contributed by atoms with Gasteiger partial charge >= 0.3 is 5.97 Å². The van der Waals surface area contributed by atoms with Gasteiger partial charge in [-0.1, -0.05) is 11.6 Å².